The van der Waals surface area contributed by atoms with Crippen molar-refractivity contribution in [1.82, 2.24) is 10.2 Å². The summed E-state index contributed by atoms with van der Waals surface area (Å²) < 4.78 is 5.47. The summed E-state index contributed by atoms with van der Waals surface area (Å²) in [7, 11) is 1.84. The molecule has 0 amide bonds. The van der Waals surface area contributed by atoms with E-state index in [2.05, 4.69) is 48.4 Å². The molecule has 0 aromatic heterocycles. The highest BCUT2D eigenvalue weighted by molar-refractivity contribution is 6.31. The van der Waals surface area contributed by atoms with E-state index in [4.69, 9.17) is 16.3 Å². The molecule has 10 N–H and O–H groups in total. The minimum Gasteiger partial charge on any atom is -0.412 e. The molecule has 6 unspecified atom stereocenters. The molecule has 4 aliphatic rings. The fourth-order valence-corrected chi connectivity index (χ4v) is 7.77. The van der Waals surface area contributed by atoms with Crippen LogP contribution in [0, 0.1) is 35.0 Å². The third-order valence-electron chi connectivity index (χ3n) is 9.49. The van der Waals surface area contributed by atoms with Gasteiger partial charge in [0.1, 0.15) is 0 Å². The molecule has 9 heteroatoms. The zero-order valence-corrected chi connectivity index (χ0v) is 25.8. The number of aliphatic hydroxyl groups is 1. The summed E-state index contributed by atoms with van der Waals surface area (Å²) in [5.41, 5.74) is 0.293. The number of nitrogens with one attached hydrogen (secondary N) is 1. The molecular weight excluding hydrogens is 544 g/mol. The maximum absolute atomic E-state index is 9.93. The highest BCUT2D eigenvalue weighted by Crippen LogP contribution is 2.43. The van der Waals surface area contributed by atoms with Crippen molar-refractivity contribution < 1.29 is 31.7 Å². The number of ether oxygens (including phenoxy) is 1. The molecule has 1 heterocycles. The summed E-state index contributed by atoms with van der Waals surface area (Å²) in [4.78, 5) is 2.74. The van der Waals surface area contributed by atoms with Crippen LogP contribution in [-0.4, -0.2) is 84.0 Å². The Morgan fingerprint density at radius 1 is 1.05 bits per heavy atom. The van der Waals surface area contributed by atoms with Gasteiger partial charge in [-0.1, -0.05) is 63.6 Å². The Labute approximate surface area is 254 Å². The summed E-state index contributed by atoms with van der Waals surface area (Å²) in [6, 6.07) is 0.501. The van der Waals surface area contributed by atoms with Crippen molar-refractivity contribution >= 4 is 11.6 Å². The Balaban J connectivity index is 0. The molecule has 7 atom stereocenters. The van der Waals surface area contributed by atoms with Gasteiger partial charge < -0.3 is 42.0 Å². The first-order chi connectivity index (χ1) is 17.3. The molecule has 3 aliphatic carbocycles. The van der Waals surface area contributed by atoms with Crippen molar-refractivity contribution in [2.45, 2.75) is 91.2 Å². The zero-order chi connectivity index (χ0) is 25.5. The number of piperidine rings is 1. The van der Waals surface area contributed by atoms with Crippen LogP contribution in [0.3, 0.4) is 0 Å². The van der Waals surface area contributed by atoms with Gasteiger partial charge in [-0.2, -0.15) is 0 Å². The molecule has 1 saturated carbocycles. The highest BCUT2D eigenvalue weighted by atomic mass is 35.5. The van der Waals surface area contributed by atoms with Crippen LogP contribution in [0.25, 0.3) is 0 Å². The van der Waals surface area contributed by atoms with E-state index in [1.54, 1.807) is 0 Å². The average Bonchev–Trinajstić information content (AvgIpc) is 2.85. The number of rotatable bonds is 10. The van der Waals surface area contributed by atoms with Gasteiger partial charge in [0.2, 0.25) is 0 Å². The molecule has 2 fully saturated rings. The van der Waals surface area contributed by atoms with E-state index >= 15 is 0 Å². The molecule has 4 rings (SSSR count). The number of hydrogen-bond acceptors (Lipinski definition) is 4. The van der Waals surface area contributed by atoms with Gasteiger partial charge in [0, 0.05) is 37.9 Å². The van der Waals surface area contributed by atoms with Crippen LogP contribution in [0.5, 0.6) is 0 Å². The second kappa shape index (κ2) is 20.2. The predicted octanol–water partition coefficient (Wildman–Crippen LogP) is 3.50. The Hall–Kier alpha value is -0.810. The third-order valence-corrected chi connectivity index (χ3v) is 9.77. The van der Waals surface area contributed by atoms with Gasteiger partial charge in [0.25, 0.3) is 0 Å². The smallest absolute Gasteiger partial charge is 0.0721 e. The van der Waals surface area contributed by atoms with Gasteiger partial charge in [0.05, 0.1) is 6.10 Å². The topological polar surface area (TPSA) is 171 Å². The summed E-state index contributed by atoms with van der Waals surface area (Å²) in [6.45, 7) is 10.5. The summed E-state index contributed by atoms with van der Waals surface area (Å²) in [5.74, 6) is 3.40. The molecule has 0 aromatic carbocycles. The molecule has 244 valence electrons. The lowest BCUT2D eigenvalue weighted by atomic mass is 9.66. The molecule has 41 heavy (non-hydrogen) atoms. The Kier molecular flexibility index (Phi) is 20.9. The van der Waals surface area contributed by atoms with E-state index in [0.717, 1.165) is 62.4 Å². The lowest BCUT2D eigenvalue weighted by Gasteiger charge is -2.48. The minimum absolute atomic E-state index is 0. The number of hydrogen-bond donors (Lipinski definition) is 2. The second-order valence-corrected chi connectivity index (χ2v) is 13.4. The quantitative estimate of drug-likeness (QED) is 0.363. The van der Waals surface area contributed by atoms with E-state index in [1.165, 1.54) is 45.1 Å². The van der Waals surface area contributed by atoms with Gasteiger partial charge >= 0.3 is 0 Å². The lowest BCUT2D eigenvalue weighted by molar-refractivity contribution is 0.0261. The monoisotopic (exact) mass is 606 g/mol. The maximum Gasteiger partial charge on any atom is 0.0721 e. The third kappa shape index (κ3) is 12.8. The zero-order valence-electron chi connectivity index (χ0n) is 25.0. The van der Waals surface area contributed by atoms with E-state index < -0.39 is 0 Å². The SMILES string of the molecule is C.COCC1CCCC(CN[C@H](CC2C=CC(O)CC2)CN2CCC(C3C=CC(Cl)=CC3)C(C)(C)C2)C1.O.O.O.O. The predicted molar refractivity (Wildman–Crippen MR) is 172 cm³/mol. The summed E-state index contributed by atoms with van der Waals surface area (Å²) in [5, 5.41) is 14.9. The Bertz CT molecular complexity index is 790. The second-order valence-electron chi connectivity index (χ2n) is 13.0. The van der Waals surface area contributed by atoms with Crippen LogP contribution in [0.1, 0.15) is 79.1 Å². The van der Waals surface area contributed by atoms with Crippen molar-refractivity contribution in [3.63, 3.8) is 0 Å². The van der Waals surface area contributed by atoms with Crippen molar-refractivity contribution in [3.05, 3.63) is 35.4 Å². The number of allylic oxidation sites excluding steroid dienone is 5. The Morgan fingerprint density at radius 3 is 2.39 bits per heavy atom. The molecule has 0 radical (unpaired) electrons. The van der Waals surface area contributed by atoms with Gasteiger partial charge in [-0.15, -0.1) is 0 Å². The summed E-state index contributed by atoms with van der Waals surface area (Å²) >= 11 is 6.20. The maximum atomic E-state index is 9.93. The number of likely N-dealkylation sites (tertiary alicyclic amines) is 1. The molecule has 8 nitrogen and oxygen atoms in total. The molecule has 0 aromatic rings. The molecular formula is C32H63ClN2O6. The van der Waals surface area contributed by atoms with E-state index in [9.17, 15) is 5.11 Å². The van der Waals surface area contributed by atoms with Crippen molar-refractivity contribution in [2.75, 3.05) is 39.9 Å². The van der Waals surface area contributed by atoms with E-state index in [-0.39, 0.29) is 35.4 Å². The van der Waals surface area contributed by atoms with E-state index in [1.807, 2.05) is 13.2 Å². The fourth-order valence-electron chi connectivity index (χ4n) is 7.61. The van der Waals surface area contributed by atoms with Crippen molar-refractivity contribution in [2.24, 2.45) is 35.0 Å². The van der Waals surface area contributed by atoms with Gasteiger partial charge in [-0.3, -0.25) is 0 Å². The minimum atomic E-state index is -0.244. The highest BCUT2D eigenvalue weighted by Gasteiger charge is 2.40. The van der Waals surface area contributed by atoms with Crippen LogP contribution >= 0.6 is 11.6 Å². The van der Waals surface area contributed by atoms with Gasteiger partial charge in [-0.25, -0.2) is 0 Å². The van der Waals surface area contributed by atoms with Crippen LogP contribution in [0.2, 0.25) is 0 Å². The Morgan fingerprint density at radius 2 is 1.78 bits per heavy atom. The van der Waals surface area contributed by atoms with Crippen molar-refractivity contribution in [3.8, 4) is 0 Å². The van der Waals surface area contributed by atoms with E-state index in [0.29, 0.717) is 29.2 Å². The molecule has 0 spiro atoms. The van der Waals surface area contributed by atoms with Crippen molar-refractivity contribution in [1.29, 1.82) is 0 Å². The number of aliphatic hydroxyl groups excluding tert-OH is 1. The normalized spacial score (nSPS) is 31.6. The first-order valence-corrected chi connectivity index (χ1v) is 15.0. The lowest BCUT2D eigenvalue weighted by Crippen LogP contribution is -2.52. The number of halogens is 1. The molecule has 0 bridgehead atoms. The first kappa shape index (κ1) is 42.3. The number of nitrogens with zero attached hydrogens (tertiary/aromatic N) is 1. The van der Waals surface area contributed by atoms with Crippen LogP contribution in [0.15, 0.2) is 35.4 Å². The largest absolute Gasteiger partial charge is 0.412 e. The average molecular weight is 607 g/mol. The summed E-state index contributed by atoms with van der Waals surface area (Å²) in [6.07, 6.45) is 21.6. The van der Waals surface area contributed by atoms with Crippen LogP contribution < -0.4 is 5.32 Å². The fraction of sp³-hybridized carbons (Fsp3) is 0.812. The number of methoxy groups -OCH3 is 1. The van der Waals surface area contributed by atoms with Gasteiger partial charge in [0.15, 0.2) is 0 Å². The van der Waals surface area contributed by atoms with Crippen LogP contribution in [-0.2, 0) is 4.74 Å². The standard InChI is InChI=1S/C31H51ClN2O2.CH4.4H2O/c1-31(2)22-34(16-15-30(31)26-9-11-27(32)12-10-26)20-28(18-23-7-13-29(35)14-8-23)33-19-24-5-4-6-25(17-24)21-36-3;;;;;/h7,9,11-13,23-26,28-30,33,35H,4-6,8,10,14-22H2,1-3H3;1H4;4*1H2/t23?,24?,25?,26?,28-,29?,30?;;;;;/m1...../s1. The van der Waals surface area contributed by atoms with Crippen LogP contribution in [0.4, 0.5) is 0 Å². The molecule has 1 aliphatic heterocycles. The first-order valence-electron chi connectivity index (χ1n) is 14.7. The molecule has 1 saturated heterocycles. The van der Waals surface area contributed by atoms with Gasteiger partial charge in [-0.05, 0) is 106 Å².